The van der Waals surface area contributed by atoms with Crippen molar-refractivity contribution in [2.75, 3.05) is 39.9 Å². The Morgan fingerprint density at radius 2 is 1.93 bits per heavy atom. The molecule has 1 N–H and O–H groups in total. The Bertz CT molecular complexity index is 856. The van der Waals surface area contributed by atoms with E-state index in [2.05, 4.69) is 0 Å². The van der Waals surface area contributed by atoms with Crippen LogP contribution in [-0.2, 0) is 11.3 Å². The van der Waals surface area contributed by atoms with Crippen molar-refractivity contribution in [2.24, 2.45) is 0 Å². The number of nitrogens with one attached hydrogen (secondary N) is 1. The number of ether oxygens (including phenoxy) is 2. The quantitative estimate of drug-likeness (QED) is 0.807. The number of amides is 1. The number of nitrogens with zero attached hydrogens (tertiary/aromatic N) is 2. The average molecular weight is 384 g/mol. The molecule has 2 aromatic rings. The van der Waals surface area contributed by atoms with E-state index >= 15 is 0 Å². The largest absolute Gasteiger partial charge is 0.496 e. The summed E-state index contributed by atoms with van der Waals surface area (Å²) < 4.78 is 24.4. The van der Waals surface area contributed by atoms with Gasteiger partial charge >= 0.3 is 0 Å². The highest BCUT2D eigenvalue weighted by Gasteiger charge is 2.25. The first-order valence-corrected chi connectivity index (χ1v) is 9.16. The number of nitriles is 1. The van der Waals surface area contributed by atoms with E-state index in [0.717, 1.165) is 18.7 Å². The molecule has 28 heavy (non-hydrogen) atoms. The van der Waals surface area contributed by atoms with Crippen LogP contribution in [0.15, 0.2) is 42.5 Å². The molecule has 146 valence electrons. The number of hydrogen-bond acceptors (Lipinski definition) is 4. The minimum Gasteiger partial charge on any atom is -0.496 e. The summed E-state index contributed by atoms with van der Waals surface area (Å²) in [4.78, 5) is 15.4. The monoisotopic (exact) mass is 384 g/mol. The number of rotatable bonds is 6. The lowest BCUT2D eigenvalue weighted by Gasteiger charge is -2.32. The maximum atomic E-state index is 13.5. The highest BCUT2D eigenvalue weighted by atomic mass is 19.1. The van der Waals surface area contributed by atoms with Gasteiger partial charge in [-0.3, -0.25) is 4.79 Å². The lowest BCUT2D eigenvalue weighted by Crippen LogP contribution is -3.13. The van der Waals surface area contributed by atoms with Crippen molar-refractivity contribution in [1.29, 1.82) is 5.26 Å². The predicted octanol–water partition coefficient (Wildman–Crippen LogP) is 1.01. The van der Waals surface area contributed by atoms with E-state index in [1.165, 1.54) is 17.0 Å². The number of halogens is 1. The SMILES string of the molecule is COc1ccc(F)cc1C[NH+]1CCN(C(=O)COc2ccc(C#N)cc2)CC1. The first kappa shape index (κ1) is 19.6. The van der Waals surface area contributed by atoms with Crippen LogP contribution < -0.4 is 14.4 Å². The highest BCUT2D eigenvalue weighted by molar-refractivity contribution is 5.77. The van der Waals surface area contributed by atoms with Crippen molar-refractivity contribution in [1.82, 2.24) is 4.90 Å². The smallest absolute Gasteiger partial charge is 0.260 e. The van der Waals surface area contributed by atoms with Gasteiger partial charge in [0.25, 0.3) is 5.91 Å². The molecule has 6 nitrogen and oxygen atoms in total. The van der Waals surface area contributed by atoms with Gasteiger partial charge in [0.15, 0.2) is 6.61 Å². The summed E-state index contributed by atoms with van der Waals surface area (Å²) in [7, 11) is 1.58. The van der Waals surface area contributed by atoms with E-state index in [4.69, 9.17) is 14.7 Å². The van der Waals surface area contributed by atoms with Crippen LogP contribution in [0.1, 0.15) is 11.1 Å². The van der Waals surface area contributed by atoms with E-state index in [1.54, 1.807) is 42.3 Å². The molecule has 0 spiro atoms. The van der Waals surface area contributed by atoms with Crippen LogP contribution in [0.25, 0.3) is 0 Å². The molecule has 7 heteroatoms. The second kappa shape index (κ2) is 9.20. The zero-order valence-corrected chi connectivity index (χ0v) is 15.8. The Morgan fingerprint density at radius 1 is 1.21 bits per heavy atom. The van der Waals surface area contributed by atoms with Gasteiger partial charge < -0.3 is 19.3 Å². The van der Waals surface area contributed by atoms with Gasteiger partial charge in [0, 0.05) is 0 Å². The van der Waals surface area contributed by atoms with Crippen LogP contribution in [0.4, 0.5) is 4.39 Å². The Morgan fingerprint density at radius 3 is 2.57 bits per heavy atom. The second-order valence-electron chi connectivity index (χ2n) is 6.69. The van der Waals surface area contributed by atoms with Crippen molar-refractivity contribution >= 4 is 5.91 Å². The van der Waals surface area contributed by atoms with Crippen LogP contribution in [0.2, 0.25) is 0 Å². The molecule has 0 bridgehead atoms. The van der Waals surface area contributed by atoms with E-state index in [0.29, 0.717) is 36.7 Å². The van der Waals surface area contributed by atoms with Crippen molar-refractivity contribution in [3.63, 3.8) is 0 Å². The third-order valence-electron chi connectivity index (χ3n) is 4.85. The minimum atomic E-state index is -0.274. The van der Waals surface area contributed by atoms with Crippen LogP contribution in [-0.4, -0.2) is 50.7 Å². The number of quaternary nitrogens is 1. The molecule has 1 heterocycles. The molecule has 0 aliphatic carbocycles. The second-order valence-corrected chi connectivity index (χ2v) is 6.69. The maximum absolute atomic E-state index is 13.5. The van der Waals surface area contributed by atoms with Gasteiger partial charge in [0.1, 0.15) is 23.9 Å². The Hall–Kier alpha value is -3.11. The molecule has 0 radical (unpaired) electrons. The van der Waals surface area contributed by atoms with Crippen LogP contribution in [0, 0.1) is 17.1 Å². The summed E-state index contributed by atoms with van der Waals surface area (Å²) in [5, 5.41) is 8.79. The zero-order valence-electron chi connectivity index (χ0n) is 15.8. The lowest BCUT2D eigenvalue weighted by molar-refractivity contribution is -0.917. The van der Waals surface area contributed by atoms with Gasteiger partial charge in [-0.25, -0.2) is 4.39 Å². The molecule has 0 aromatic heterocycles. The summed E-state index contributed by atoms with van der Waals surface area (Å²) >= 11 is 0. The topological polar surface area (TPSA) is 67.0 Å². The van der Waals surface area contributed by atoms with Crippen molar-refractivity contribution in [3.8, 4) is 17.6 Å². The van der Waals surface area contributed by atoms with Gasteiger partial charge in [0.2, 0.25) is 0 Å². The van der Waals surface area contributed by atoms with E-state index < -0.39 is 0 Å². The fourth-order valence-corrected chi connectivity index (χ4v) is 3.27. The average Bonchev–Trinajstić information content (AvgIpc) is 2.73. The maximum Gasteiger partial charge on any atom is 0.260 e. The first-order valence-electron chi connectivity index (χ1n) is 9.16. The van der Waals surface area contributed by atoms with E-state index in [1.807, 2.05) is 6.07 Å². The molecule has 0 unspecified atom stereocenters. The normalized spacial score (nSPS) is 14.4. The summed E-state index contributed by atoms with van der Waals surface area (Å²) in [6.45, 7) is 3.44. The Labute approximate surface area is 163 Å². The molecule has 1 aliphatic heterocycles. The number of piperazine rings is 1. The summed E-state index contributed by atoms with van der Waals surface area (Å²) in [6.07, 6.45) is 0. The predicted molar refractivity (Wildman–Crippen MR) is 101 cm³/mol. The van der Waals surface area contributed by atoms with Crippen molar-refractivity contribution in [3.05, 3.63) is 59.4 Å². The molecule has 3 rings (SSSR count). The van der Waals surface area contributed by atoms with Crippen molar-refractivity contribution < 1.29 is 23.6 Å². The number of carbonyl (C=O) groups is 1. The molecule has 2 aromatic carbocycles. The Balaban J connectivity index is 1.47. The van der Waals surface area contributed by atoms with Crippen LogP contribution in [0.5, 0.6) is 11.5 Å². The van der Waals surface area contributed by atoms with Gasteiger partial charge in [-0.05, 0) is 42.5 Å². The molecule has 1 fully saturated rings. The molecule has 1 amide bonds. The van der Waals surface area contributed by atoms with Gasteiger partial charge in [-0.15, -0.1) is 0 Å². The van der Waals surface area contributed by atoms with E-state index in [-0.39, 0.29) is 18.3 Å². The number of benzene rings is 2. The first-order chi connectivity index (χ1) is 13.6. The van der Waals surface area contributed by atoms with Gasteiger partial charge in [-0.2, -0.15) is 5.26 Å². The molecular formula is C21H23FN3O3+. The number of methoxy groups -OCH3 is 1. The third-order valence-corrected chi connectivity index (χ3v) is 4.85. The summed E-state index contributed by atoms with van der Waals surface area (Å²) in [5.41, 5.74) is 1.38. The summed E-state index contributed by atoms with van der Waals surface area (Å²) in [5.74, 6) is 0.911. The number of carbonyl (C=O) groups excluding carboxylic acids is 1. The van der Waals surface area contributed by atoms with Crippen LogP contribution >= 0.6 is 0 Å². The molecule has 1 saturated heterocycles. The number of hydrogen-bond donors (Lipinski definition) is 1. The molecular weight excluding hydrogens is 361 g/mol. The van der Waals surface area contributed by atoms with Crippen LogP contribution in [0.3, 0.4) is 0 Å². The molecule has 1 aliphatic rings. The molecule has 0 saturated carbocycles. The van der Waals surface area contributed by atoms with Crippen molar-refractivity contribution in [2.45, 2.75) is 6.54 Å². The highest BCUT2D eigenvalue weighted by Crippen LogP contribution is 2.18. The zero-order chi connectivity index (χ0) is 19.9. The molecule has 0 atom stereocenters. The minimum absolute atomic E-state index is 0.0288. The summed E-state index contributed by atoms with van der Waals surface area (Å²) in [6, 6.07) is 13.3. The fourth-order valence-electron chi connectivity index (χ4n) is 3.27. The standard InChI is InChI=1S/C21H22FN3O3/c1-27-20-7-4-18(22)12-17(20)14-24-8-10-25(11-9-24)21(26)15-28-19-5-2-16(13-23)3-6-19/h2-7,12H,8-11,14-15H2,1H3/p+1. The van der Waals surface area contributed by atoms with E-state index in [9.17, 15) is 9.18 Å². The lowest BCUT2D eigenvalue weighted by atomic mass is 10.1. The fraction of sp³-hybridized carbons (Fsp3) is 0.333. The van der Waals surface area contributed by atoms with Gasteiger partial charge in [0.05, 0.1) is 50.5 Å². The Kier molecular flexibility index (Phi) is 6.45. The third kappa shape index (κ3) is 4.99. The van der Waals surface area contributed by atoms with Gasteiger partial charge in [-0.1, -0.05) is 0 Å².